The molecule has 0 N–H and O–H groups in total. The second kappa shape index (κ2) is 4.40. The van der Waals surface area contributed by atoms with Crippen molar-refractivity contribution in [1.82, 2.24) is 4.98 Å². The molecular weight excluding hydrogens is 224 g/mol. The number of hydrogen-bond acceptors (Lipinski definition) is 5. The molecule has 6 heteroatoms. The lowest BCUT2D eigenvalue weighted by molar-refractivity contribution is -0.121. The number of rotatable bonds is 3. The SMILES string of the molecule is COc1ccc(N2C(=O)CCC2=O)c(OC)n1. The summed E-state index contributed by atoms with van der Waals surface area (Å²) in [5, 5.41) is 0. The third-order valence-electron chi connectivity index (χ3n) is 2.51. The topological polar surface area (TPSA) is 68.7 Å². The zero-order valence-corrected chi connectivity index (χ0v) is 9.60. The summed E-state index contributed by atoms with van der Waals surface area (Å²) >= 11 is 0. The molecule has 0 unspecified atom stereocenters. The molecule has 0 aromatic carbocycles. The quantitative estimate of drug-likeness (QED) is 0.724. The summed E-state index contributed by atoms with van der Waals surface area (Å²) in [6.07, 6.45) is 0.460. The van der Waals surface area contributed by atoms with E-state index in [1.54, 1.807) is 12.1 Å². The molecule has 1 aliphatic rings. The molecule has 0 atom stereocenters. The Morgan fingerprint density at radius 2 is 1.76 bits per heavy atom. The van der Waals surface area contributed by atoms with Crippen molar-refractivity contribution in [1.29, 1.82) is 0 Å². The van der Waals surface area contributed by atoms with Crippen molar-refractivity contribution in [2.24, 2.45) is 0 Å². The van der Waals surface area contributed by atoms with Crippen LogP contribution >= 0.6 is 0 Å². The fraction of sp³-hybridized carbons (Fsp3) is 0.364. The van der Waals surface area contributed by atoms with Gasteiger partial charge in [-0.1, -0.05) is 0 Å². The fourth-order valence-corrected chi connectivity index (χ4v) is 1.70. The van der Waals surface area contributed by atoms with Crippen molar-refractivity contribution in [2.45, 2.75) is 12.8 Å². The predicted molar refractivity (Wildman–Crippen MR) is 59.1 cm³/mol. The van der Waals surface area contributed by atoms with Crippen molar-refractivity contribution in [3.8, 4) is 11.8 Å². The molecule has 2 amide bonds. The third kappa shape index (κ3) is 1.93. The first-order valence-corrected chi connectivity index (χ1v) is 5.12. The Labute approximate surface area is 98.1 Å². The lowest BCUT2D eigenvalue weighted by Gasteiger charge is -2.16. The van der Waals surface area contributed by atoms with Gasteiger partial charge in [0.25, 0.3) is 0 Å². The van der Waals surface area contributed by atoms with Gasteiger partial charge in [0, 0.05) is 18.9 Å². The van der Waals surface area contributed by atoms with Gasteiger partial charge in [0.1, 0.15) is 5.69 Å². The molecule has 17 heavy (non-hydrogen) atoms. The van der Waals surface area contributed by atoms with Gasteiger partial charge in [0.15, 0.2) is 0 Å². The summed E-state index contributed by atoms with van der Waals surface area (Å²) in [5.74, 6) is 0.0955. The van der Waals surface area contributed by atoms with E-state index in [1.807, 2.05) is 0 Å². The molecule has 0 aliphatic carbocycles. The molecule has 0 bridgehead atoms. The van der Waals surface area contributed by atoms with Gasteiger partial charge in [0.05, 0.1) is 14.2 Å². The average molecular weight is 236 g/mol. The maximum Gasteiger partial charge on any atom is 0.241 e. The van der Waals surface area contributed by atoms with E-state index in [0.717, 1.165) is 4.90 Å². The van der Waals surface area contributed by atoms with Crippen LogP contribution in [0.5, 0.6) is 11.8 Å². The Balaban J connectivity index is 2.44. The Morgan fingerprint density at radius 1 is 1.12 bits per heavy atom. The van der Waals surface area contributed by atoms with E-state index in [0.29, 0.717) is 11.6 Å². The Hall–Kier alpha value is -2.11. The van der Waals surface area contributed by atoms with Crippen LogP contribution in [0.25, 0.3) is 0 Å². The monoisotopic (exact) mass is 236 g/mol. The molecule has 2 heterocycles. The number of nitrogens with zero attached hydrogens (tertiary/aromatic N) is 2. The molecule has 1 saturated heterocycles. The average Bonchev–Trinajstić information content (AvgIpc) is 2.68. The molecular formula is C11H12N2O4. The fourth-order valence-electron chi connectivity index (χ4n) is 1.70. The van der Waals surface area contributed by atoms with Crippen LogP contribution in [0, 0.1) is 0 Å². The first-order valence-electron chi connectivity index (χ1n) is 5.12. The number of carbonyl (C=O) groups is 2. The van der Waals surface area contributed by atoms with E-state index in [4.69, 9.17) is 9.47 Å². The van der Waals surface area contributed by atoms with E-state index in [2.05, 4.69) is 4.98 Å². The molecule has 1 aromatic heterocycles. The third-order valence-corrected chi connectivity index (χ3v) is 2.51. The Bertz CT molecular complexity index is 457. The van der Waals surface area contributed by atoms with Gasteiger partial charge in [-0.25, -0.2) is 4.90 Å². The van der Waals surface area contributed by atoms with E-state index >= 15 is 0 Å². The summed E-state index contributed by atoms with van der Waals surface area (Å²) in [6, 6.07) is 3.17. The molecule has 0 spiro atoms. The van der Waals surface area contributed by atoms with Crippen molar-refractivity contribution in [3.63, 3.8) is 0 Å². The van der Waals surface area contributed by atoms with Gasteiger partial charge in [-0.3, -0.25) is 9.59 Å². The minimum absolute atomic E-state index is 0.202. The van der Waals surface area contributed by atoms with Gasteiger partial charge in [-0.05, 0) is 6.07 Å². The smallest absolute Gasteiger partial charge is 0.241 e. The van der Waals surface area contributed by atoms with Crippen LogP contribution in [0.2, 0.25) is 0 Å². The molecule has 90 valence electrons. The number of anilines is 1. The number of aromatic nitrogens is 1. The minimum Gasteiger partial charge on any atom is -0.481 e. The maximum atomic E-state index is 11.6. The zero-order valence-electron chi connectivity index (χ0n) is 9.60. The highest BCUT2D eigenvalue weighted by atomic mass is 16.5. The van der Waals surface area contributed by atoms with Crippen molar-refractivity contribution in [2.75, 3.05) is 19.1 Å². The number of amides is 2. The second-order valence-electron chi connectivity index (χ2n) is 3.50. The van der Waals surface area contributed by atoms with Crippen molar-refractivity contribution >= 4 is 17.5 Å². The summed E-state index contributed by atoms with van der Waals surface area (Å²) in [7, 11) is 2.91. The number of methoxy groups -OCH3 is 2. The highest BCUT2D eigenvalue weighted by molar-refractivity contribution is 6.20. The normalized spacial score (nSPS) is 15.3. The molecule has 2 rings (SSSR count). The molecule has 0 saturated carbocycles. The summed E-state index contributed by atoms with van der Waals surface area (Å²) in [6.45, 7) is 0. The Kier molecular flexibility index (Phi) is 2.95. The van der Waals surface area contributed by atoms with Crippen molar-refractivity contribution < 1.29 is 19.1 Å². The van der Waals surface area contributed by atoms with E-state index in [-0.39, 0.29) is 30.5 Å². The number of pyridine rings is 1. The zero-order chi connectivity index (χ0) is 12.4. The van der Waals surface area contributed by atoms with Crippen molar-refractivity contribution in [3.05, 3.63) is 12.1 Å². The van der Waals surface area contributed by atoms with Gasteiger partial charge >= 0.3 is 0 Å². The predicted octanol–water partition coefficient (Wildman–Crippen LogP) is 0.752. The lowest BCUT2D eigenvalue weighted by Crippen LogP contribution is -2.29. The molecule has 1 aliphatic heterocycles. The molecule has 1 aromatic rings. The molecule has 1 fully saturated rings. The van der Waals surface area contributed by atoms with E-state index in [9.17, 15) is 9.59 Å². The van der Waals surface area contributed by atoms with Crippen LogP contribution in [0.15, 0.2) is 12.1 Å². The highest BCUT2D eigenvalue weighted by Crippen LogP contribution is 2.31. The minimum atomic E-state index is -0.236. The first-order chi connectivity index (χ1) is 8.17. The summed E-state index contributed by atoms with van der Waals surface area (Å²) < 4.78 is 10.0. The highest BCUT2D eigenvalue weighted by Gasteiger charge is 2.32. The lowest BCUT2D eigenvalue weighted by atomic mass is 10.3. The second-order valence-corrected chi connectivity index (χ2v) is 3.50. The van der Waals surface area contributed by atoms with E-state index in [1.165, 1.54) is 14.2 Å². The summed E-state index contributed by atoms with van der Waals surface area (Å²) in [4.78, 5) is 28.3. The van der Waals surface area contributed by atoms with Crippen LogP contribution in [-0.4, -0.2) is 31.0 Å². The van der Waals surface area contributed by atoms with E-state index < -0.39 is 0 Å². The van der Waals surface area contributed by atoms with Gasteiger partial charge in [-0.2, -0.15) is 4.98 Å². The van der Waals surface area contributed by atoms with Crippen LogP contribution in [0.1, 0.15) is 12.8 Å². The van der Waals surface area contributed by atoms with Gasteiger partial charge < -0.3 is 9.47 Å². The van der Waals surface area contributed by atoms with Crippen LogP contribution < -0.4 is 14.4 Å². The number of carbonyl (C=O) groups excluding carboxylic acids is 2. The van der Waals surface area contributed by atoms with Gasteiger partial charge in [-0.15, -0.1) is 0 Å². The standard InChI is InChI=1S/C11H12N2O4/c1-16-8-4-3-7(11(12-8)17-2)13-9(14)5-6-10(13)15/h3-4H,5-6H2,1-2H3. The largest absolute Gasteiger partial charge is 0.481 e. The number of hydrogen-bond donors (Lipinski definition) is 0. The van der Waals surface area contributed by atoms with Crippen LogP contribution in [0.3, 0.4) is 0 Å². The molecule has 0 radical (unpaired) electrons. The maximum absolute atomic E-state index is 11.6. The molecule has 6 nitrogen and oxygen atoms in total. The first kappa shape index (κ1) is 11.4. The van der Waals surface area contributed by atoms with Gasteiger partial charge in [0.2, 0.25) is 23.6 Å². The van der Waals surface area contributed by atoms with Crippen LogP contribution in [0.4, 0.5) is 5.69 Å². The number of ether oxygens (including phenoxy) is 2. The summed E-state index contributed by atoms with van der Waals surface area (Å²) in [5.41, 5.74) is 0.362. The number of imide groups is 1. The Morgan fingerprint density at radius 3 is 2.29 bits per heavy atom. The van der Waals surface area contributed by atoms with Crippen LogP contribution in [-0.2, 0) is 9.59 Å².